The maximum Gasteiger partial charge on any atom is 0.189 e. The first kappa shape index (κ1) is 48.1. The van der Waals surface area contributed by atoms with Crippen LogP contribution in [0.3, 0.4) is 0 Å². The highest BCUT2D eigenvalue weighted by Gasteiger charge is 2.46. The number of aliphatic hydroxyl groups is 9. The van der Waals surface area contributed by atoms with Crippen molar-refractivity contribution in [1.82, 2.24) is 0 Å². The van der Waals surface area contributed by atoms with Gasteiger partial charge < -0.3 is 88.4 Å². The van der Waals surface area contributed by atoms with Gasteiger partial charge in [0.1, 0.15) is 42.7 Å². The Kier molecular flexibility index (Phi) is 20.8. The van der Waals surface area contributed by atoms with Gasteiger partial charge in [-0.05, 0) is 33.1 Å². The van der Waals surface area contributed by atoms with Gasteiger partial charge in [-0.3, -0.25) is 0 Å². The minimum atomic E-state index is -1.56. The van der Waals surface area contributed by atoms with E-state index in [0.717, 1.165) is 0 Å². The van der Waals surface area contributed by atoms with Crippen LogP contribution in [-0.4, -0.2) is 197 Å². The molecule has 21 unspecified atom stereocenters. The normalized spacial score (nSPS) is 40.6. The first-order valence-corrected chi connectivity index (χ1v) is 19.4. The summed E-state index contributed by atoms with van der Waals surface area (Å²) in [4.78, 5) is 0. The Morgan fingerprint density at radius 2 is 1.31 bits per heavy atom. The highest BCUT2D eigenvalue weighted by molar-refractivity contribution is 7.09. The summed E-state index contributed by atoms with van der Waals surface area (Å²) in [5.74, 6) is -1.92. The maximum atomic E-state index is 10.8. The second-order valence-corrected chi connectivity index (χ2v) is 15.2. The molecule has 21 atom stereocenters. The molecular formula is C35H67O18P. The van der Waals surface area contributed by atoms with Gasteiger partial charge in [0.25, 0.3) is 0 Å². The van der Waals surface area contributed by atoms with Crippen molar-refractivity contribution < 1.29 is 88.4 Å². The highest BCUT2D eigenvalue weighted by Crippen LogP contribution is 2.32. The summed E-state index contributed by atoms with van der Waals surface area (Å²) in [7, 11) is 3.57. The van der Waals surface area contributed by atoms with Crippen molar-refractivity contribution in [2.45, 2.75) is 145 Å². The Labute approximate surface area is 320 Å². The van der Waals surface area contributed by atoms with Crippen molar-refractivity contribution >= 4 is 9.47 Å². The van der Waals surface area contributed by atoms with Crippen LogP contribution in [0.15, 0.2) is 0 Å². The number of methoxy groups -OCH3 is 1. The monoisotopic (exact) mass is 806 g/mol. The van der Waals surface area contributed by atoms with Gasteiger partial charge in [0, 0.05) is 40.8 Å². The molecule has 3 heterocycles. The van der Waals surface area contributed by atoms with Gasteiger partial charge in [0.2, 0.25) is 0 Å². The van der Waals surface area contributed by atoms with E-state index in [-0.39, 0.29) is 52.0 Å². The fourth-order valence-electron chi connectivity index (χ4n) is 7.51. The predicted molar refractivity (Wildman–Crippen MR) is 192 cm³/mol. The molecule has 3 aliphatic heterocycles. The molecule has 54 heavy (non-hydrogen) atoms. The van der Waals surface area contributed by atoms with Gasteiger partial charge >= 0.3 is 0 Å². The topological polar surface area (TPSA) is 265 Å². The van der Waals surface area contributed by atoms with E-state index in [1.54, 1.807) is 13.8 Å². The van der Waals surface area contributed by atoms with E-state index in [1.165, 1.54) is 14.0 Å². The zero-order chi connectivity index (χ0) is 40.3. The van der Waals surface area contributed by atoms with E-state index in [4.69, 9.17) is 42.4 Å². The molecule has 0 aliphatic carbocycles. The van der Waals surface area contributed by atoms with Gasteiger partial charge in [-0.25, -0.2) is 0 Å². The van der Waals surface area contributed by atoms with Gasteiger partial charge in [-0.1, -0.05) is 13.8 Å². The highest BCUT2D eigenvalue weighted by atomic mass is 31.0. The van der Waals surface area contributed by atoms with Crippen LogP contribution in [0.25, 0.3) is 0 Å². The molecule has 0 aromatic carbocycles. The van der Waals surface area contributed by atoms with Gasteiger partial charge in [-0.15, -0.1) is 0 Å². The molecule has 18 nitrogen and oxygen atoms in total. The minimum absolute atomic E-state index is 0.0264. The third-order valence-corrected chi connectivity index (χ3v) is 11.3. The van der Waals surface area contributed by atoms with Gasteiger partial charge in [0.05, 0.1) is 89.0 Å². The lowest BCUT2D eigenvalue weighted by Crippen LogP contribution is -2.58. The first-order chi connectivity index (χ1) is 25.6. The van der Waals surface area contributed by atoms with Crippen LogP contribution in [0.2, 0.25) is 0 Å². The number of aliphatic hydroxyl groups excluding tert-OH is 9. The van der Waals surface area contributed by atoms with Gasteiger partial charge in [0.15, 0.2) is 12.6 Å². The van der Waals surface area contributed by atoms with Crippen molar-refractivity contribution in [1.29, 1.82) is 0 Å². The second-order valence-electron chi connectivity index (χ2n) is 14.9. The zero-order valence-corrected chi connectivity index (χ0v) is 33.3. The summed E-state index contributed by atoms with van der Waals surface area (Å²) < 4.78 is 52.0. The summed E-state index contributed by atoms with van der Waals surface area (Å²) >= 11 is 0. The SMILES string of the molecule is CCC1C(CO)OC(COCC(C(C)CC(OP)OC2OC(C)C(O)C(O)C2O)C(CO)OC(C)COCC2C(C)OC(COC)C(O)C2O)C(O)C1O. The molecule has 0 aromatic heterocycles. The Hall–Kier alpha value is -0.290. The smallest absolute Gasteiger partial charge is 0.189 e. The number of ether oxygens (including phenoxy) is 8. The van der Waals surface area contributed by atoms with E-state index in [1.807, 2.05) is 13.8 Å². The molecule has 19 heteroatoms. The molecule has 0 saturated carbocycles. The van der Waals surface area contributed by atoms with Gasteiger partial charge in [-0.2, -0.15) is 0 Å². The number of hydrogen-bond donors (Lipinski definition) is 9. The summed E-state index contributed by atoms with van der Waals surface area (Å²) in [6, 6.07) is 0. The van der Waals surface area contributed by atoms with Crippen LogP contribution in [-0.2, 0) is 42.4 Å². The van der Waals surface area contributed by atoms with E-state index in [9.17, 15) is 46.0 Å². The quantitative estimate of drug-likeness (QED) is 0.0411. The average molecular weight is 807 g/mol. The lowest BCUT2D eigenvalue weighted by atomic mass is 9.85. The van der Waals surface area contributed by atoms with Crippen LogP contribution in [0.1, 0.15) is 47.5 Å². The number of hydrogen-bond acceptors (Lipinski definition) is 18. The molecule has 0 bridgehead atoms. The third kappa shape index (κ3) is 12.6. The lowest BCUT2D eigenvalue weighted by molar-refractivity contribution is -0.322. The van der Waals surface area contributed by atoms with E-state index in [2.05, 4.69) is 9.47 Å². The predicted octanol–water partition coefficient (Wildman–Crippen LogP) is -2.32. The molecule has 0 radical (unpaired) electrons. The van der Waals surface area contributed by atoms with Crippen molar-refractivity contribution in [3.63, 3.8) is 0 Å². The Morgan fingerprint density at radius 3 is 1.91 bits per heavy atom. The van der Waals surface area contributed by atoms with Crippen molar-refractivity contribution in [3.05, 3.63) is 0 Å². The molecule has 3 fully saturated rings. The maximum absolute atomic E-state index is 10.8. The fourth-order valence-corrected chi connectivity index (χ4v) is 7.68. The standard InChI is InChI=1S/C35H67O18P/c1-7-20-23(9-36)51-26(32(42)29(20)39)15-47-12-21(16(2)8-27(53-54)52-35-34(44)33(43)28(38)19(5)50-35)24(10-37)48-17(3)11-46-13-22-18(4)49-25(14-45-6)31(41)30(22)40/h16-44H,7-15,54H2,1-6H3. The molecule has 9 N–H and O–H groups in total. The Balaban J connectivity index is 1.68. The Bertz CT molecular complexity index is 1030. The summed E-state index contributed by atoms with van der Waals surface area (Å²) in [6.07, 6.45) is -15.7. The Morgan fingerprint density at radius 1 is 0.685 bits per heavy atom. The third-order valence-electron chi connectivity index (χ3n) is 11.0. The largest absolute Gasteiger partial charge is 0.394 e. The summed E-state index contributed by atoms with van der Waals surface area (Å²) in [5.41, 5.74) is 0. The van der Waals surface area contributed by atoms with E-state index >= 15 is 0 Å². The molecule has 320 valence electrons. The van der Waals surface area contributed by atoms with Crippen molar-refractivity contribution in [2.24, 2.45) is 23.7 Å². The zero-order valence-electron chi connectivity index (χ0n) is 32.2. The average Bonchev–Trinajstić information content (AvgIpc) is 3.15. The lowest BCUT2D eigenvalue weighted by Gasteiger charge is -2.42. The molecule has 0 spiro atoms. The van der Waals surface area contributed by atoms with Crippen LogP contribution >= 0.6 is 9.47 Å². The van der Waals surface area contributed by atoms with Crippen LogP contribution in [0.4, 0.5) is 0 Å². The summed E-state index contributed by atoms with van der Waals surface area (Å²) in [6.45, 7) is 8.04. The fraction of sp³-hybridized carbons (Fsp3) is 1.00. The van der Waals surface area contributed by atoms with Crippen molar-refractivity contribution in [3.8, 4) is 0 Å². The summed E-state index contributed by atoms with van der Waals surface area (Å²) in [5, 5.41) is 94.0. The molecule has 0 aromatic rings. The minimum Gasteiger partial charge on any atom is -0.394 e. The van der Waals surface area contributed by atoms with E-state index in [0.29, 0.717) is 6.42 Å². The molecular weight excluding hydrogens is 739 g/mol. The van der Waals surface area contributed by atoms with Crippen LogP contribution in [0.5, 0.6) is 0 Å². The molecule has 3 rings (SSSR count). The molecule has 3 saturated heterocycles. The van der Waals surface area contributed by atoms with Crippen LogP contribution < -0.4 is 0 Å². The first-order valence-electron chi connectivity index (χ1n) is 18.9. The number of rotatable bonds is 22. The molecule has 3 aliphatic rings. The van der Waals surface area contributed by atoms with E-state index < -0.39 is 122 Å². The second kappa shape index (κ2) is 23.3. The van der Waals surface area contributed by atoms with Crippen molar-refractivity contribution in [2.75, 3.05) is 53.4 Å². The van der Waals surface area contributed by atoms with Crippen LogP contribution in [0, 0.1) is 23.7 Å². The molecule has 0 amide bonds.